The molecule has 0 aromatic heterocycles. The Morgan fingerprint density at radius 1 is 1.04 bits per heavy atom. The van der Waals surface area contributed by atoms with Crippen LogP contribution in [0.1, 0.15) is 41.0 Å². The molecule has 1 aliphatic rings. The number of hydrogen-bond acceptors (Lipinski definition) is 3. The molecule has 0 fully saturated rings. The molecule has 0 saturated heterocycles. The van der Waals surface area contributed by atoms with Crippen molar-refractivity contribution in [2.75, 3.05) is 5.32 Å². The summed E-state index contributed by atoms with van der Waals surface area (Å²) in [7, 11) is 0. The van der Waals surface area contributed by atoms with E-state index in [4.69, 9.17) is 0 Å². The van der Waals surface area contributed by atoms with Crippen molar-refractivity contribution in [3.05, 3.63) is 63.2 Å². The van der Waals surface area contributed by atoms with E-state index in [2.05, 4.69) is 27.9 Å². The molecule has 2 aromatic carbocycles. The van der Waals surface area contributed by atoms with Crippen LogP contribution >= 0.6 is 22.6 Å². The third kappa shape index (κ3) is 3.38. The SMILES string of the molecule is CC[C@@H](C)[C@H](C(=O)Nc1ccc(I)cc1)N1C(=O)c2ccccc2C1=O. The molecule has 1 heterocycles. The normalized spacial score (nSPS) is 15.6. The van der Waals surface area contributed by atoms with Crippen molar-refractivity contribution in [2.45, 2.75) is 26.3 Å². The molecular weight excluding hydrogens is 443 g/mol. The zero-order valence-corrected chi connectivity index (χ0v) is 16.7. The van der Waals surface area contributed by atoms with Crippen molar-refractivity contribution in [1.29, 1.82) is 0 Å². The fraction of sp³-hybridized carbons (Fsp3) is 0.250. The number of anilines is 1. The summed E-state index contributed by atoms with van der Waals surface area (Å²) in [4.78, 5) is 39.7. The van der Waals surface area contributed by atoms with Crippen molar-refractivity contribution in [3.8, 4) is 0 Å². The first-order valence-electron chi connectivity index (χ1n) is 8.47. The molecule has 3 amide bonds. The molecular formula is C20H19IN2O3. The molecule has 26 heavy (non-hydrogen) atoms. The fourth-order valence-corrected chi connectivity index (χ4v) is 3.42. The van der Waals surface area contributed by atoms with Gasteiger partial charge in [0.25, 0.3) is 11.8 Å². The summed E-state index contributed by atoms with van der Waals surface area (Å²) in [5.41, 5.74) is 1.35. The highest BCUT2D eigenvalue weighted by molar-refractivity contribution is 14.1. The van der Waals surface area contributed by atoms with Gasteiger partial charge in [-0.3, -0.25) is 19.3 Å². The number of fused-ring (bicyclic) bond motifs is 1. The Morgan fingerprint density at radius 2 is 1.58 bits per heavy atom. The molecule has 1 N–H and O–H groups in total. The Labute approximate surface area is 165 Å². The predicted octanol–water partition coefficient (Wildman–Crippen LogP) is 3.94. The topological polar surface area (TPSA) is 66.5 Å². The van der Waals surface area contributed by atoms with Crippen LogP contribution in [0.2, 0.25) is 0 Å². The van der Waals surface area contributed by atoms with Gasteiger partial charge in [0.15, 0.2) is 0 Å². The first kappa shape index (κ1) is 18.6. The van der Waals surface area contributed by atoms with E-state index in [9.17, 15) is 14.4 Å². The van der Waals surface area contributed by atoms with Crippen LogP contribution in [0.3, 0.4) is 0 Å². The molecule has 0 unspecified atom stereocenters. The van der Waals surface area contributed by atoms with E-state index in [0.717, 1.165) is 8.47 Å². The number of nitrogens with zero attached hydrogens (tertiary/aromatic N) is 1. The summed E-state index contributed by atoms with van der Waals surface area (Å²) in [6, 6.07) is 13.2. The first-order chi connectivity index (χ1) is 12.4. The summed E-state index contributed by atoms with van der Waals surface area (Å²) in [5, 5.41) is 2.84. The van der Waals surface area contributed by atoms with Crippen molar-refractivity contribution in [2.24, 2.45) is 5.92 Å². The van der Waals surface area contributed by atoms with Gasteiger partial charge in [0.05, 0.1) is 11.1 Å². The number of amides is 3. The number of carbonyl (C=O) groups excluding carboxylic acids is 3. The van der Waals surface area contributed by atoms with Crippen LogP contribution in [0.4, 0.5) is 5.69 Å². The third-order valence-electron chi connectivity index (χ3n) is 4.67. The van der Waals surface area contributed by atoms with Crippen molar-refractivity contribution in [3.63, 3.8) is 0 Å². The van der Waals surface area contributed by atoms with Crippen molar-refractivity contribution >= 4 is 46.0 Å². The van der Waals surface area contributed by atoms with Gasteiger partial charge in [-0.05, 0) is 64.9 Å². The minimum absolute atomic E-state index is 0.166. The Morgan fingerprint density at radius 3 is 2.08 bits per heavy atom. The molecule has 0 saturated carbocycles. The lowest BCUT2D eigenvalue weighted by Crippen LogP contribution is -2.50. The molecule has 2 atom stereocenters. The number of halogens is 1. The van der Waals surface area contributed by atoms with Gasteiger partial charge in [-0.25, -0.2) is 0 Å². The van der Waals surface area contributed by atoms with Crippen molar-refractivity contribution < 1.29 is 14.4 Å². The van der Waals surface area contributed by atoms with Gasteiger partial charge in [-0.15, -0.1) is 0 Å². The molecule has 0 radical (unpaired) electrons. The number of hydrogen-bond donors (Lipinski definition) is 1. The second kappa shape index (κ2) is 7.57. The highest BCUT2D eigenvalue weighted by Gasteiger charge is 2.44. The minimum Gasteiger partial charge on any atom is -0.324 e. The highest BCUT2D eigenvalue weighted by atomic mass is 127. The van der Waals surface area contributed by atoms with Gasteiger partial charge in [0, 0.05) is 9.26 Å². The number of carbonyl (C=O) groups is 3. The van der Waals surface area contributed by atoms with E-state index in [1.165, 1.54) is 0 Å². The first-order valence-corrected chi connectivity index (χ1v) is 9.55. The van der Waals surface area contributed by atoms with Crippen LogP contribution in [-0.4, -0.2) is 28.7 Å². The van der Waals surface area contributed by atoms with Gasteiger partial charge in [-0.1, -0.05) is 32.4 Å². The Balaban J connectivity index is 1.92. The standard InChI is InChI=1S/C20H19IN2O3/c1-3-12(2)17(18(24)22-14-10-8-13(21)9-11-14)23-19(25)15-6-4-5-7-16(15)20(23)26/h4-12,17H,3H2,1-2H3,(H,22,24)/t12-,17-/m1/s1. The number of nitrogens with one attached hydrogen (secondary N) is 1. The maximum atomic E-state index is 13.0. The number of rotatable bonds is 5. The predicted molar refractivity (Wildman–Crippen MR) is 108 cm³/mol. The molecule has 5 nitrogen and oxygen atoms in total. The molecule has 0 bridgehead atoms. The van der Waals surface area contributed by atoms with Crippen LogP contribution in [-0.2, 0) is 4.79 Å². The molecule has 1 aliphatic heterocycles. The highest BCUT2D eigenvalue weighted by Crippen LogP contribution is 2.28. The Bertz CT molecular complexity index is 829. The summed E-state index contributed by atoms with van der Waals surface area (Å²) >= 11 is 2.19. The zero-order valence-electron chi connectivity index (χ0n) is 14.5. The lowest BCUT2D eigenvalue weighted by molar-refractivity contribution is -0.121. The minimum atomic E-state index is -0.855. The maximum Gasteiger partial charge on any atom is 0.262 e. The molecule has 3 rings (SSSR count). The quantitative estimate of drug-likeness (QED) is 0.541. The number of imide groups is 1. The molecule has 2 aromatic rings. The summed E-state index contributed by atoms with van der Waals surface area (Å²) in [6.45, 7) is 3.82. The lowest BCUT2D eigenvalue weighted by atomic mass is 9.96. The monoisotopic (exact) mass is 462 g/mol. The summed E-state index contributed by atoms with van der Waals surface area (Å²) in [5.74, 6) is -1.33. The van der Waals surface area contributed by atoms with Crippen LogP contribution in [0.5, 0.6) is 0 Å². The van der Waals surface area contributed by atoms with E-state index in [-0.39, 0.29) is 11.8 Å². The van der Waals surface area contributed by atoms with Crippen LogP contribution in [0.25, 0.3) is 0 Å². The second-order valence-corrected chi connectivity index (χ2v) is 7.60. The van der Waals surface area contributed by atoms with E-state index in [1.54, 1.807) is 36.4 Å². The van der Waals surface area contributed by atoms with E-state index in [0.29, 0.717) is 23.2 Å². The van der Waals surface area contributed by atoms with Gasteiger partial charge in [0.2, 0.25) is 5.91 Å². The van der Waals surface area contributed by atoms with Crippen LogP contribution < -0.4 is 5.32 Å². The molecule has 0 spiro atoms. The average Bonchev–Trinajstić information content (AvgIpc) is 2.89. The Kier molecular flexibility index (Phi) is 5.41. The fourth-order valence-electron chi connectivity index (χ4n) is 3.06. The molecule has 134 valence electrons. The lowest BCUT2D eigenvalue weighted by Gasteiger charge is -2.29. The van der Waals surface area contributed by atoms with Gasteiger partial charge in [0.1, 0.15) is 6.04 Å². The zero-order chi connectivity index (χ0) is 18.8. The summed E-state index contributed by atoms with van der Waals surface area (Å²) < 4.78 is 1.06. The van der Waals surface area contributed by atoms with Crippen molar-refractivity contribution in [1.82, 2.24) is 4.90 Å². The average molecular weight is 462 g/mol. The van der Waals surface area contributed by atoms with E-state index >= 15 is 0 Å². The van der Waals surface area contributed by atoms with E-state index < -0.39 is 17.9 Å². The van der Waals surface area contributed by atoms with Crippen LogP contribution in [0.15, 0.2) is 48.5 Å². The molecule has 0 aliphatic carbocycles. The third-order valence-corrected chi connectivity index (χ3v) is 5.39. The maximum absolute atomic E-state index is 13.0. The van der Waals surface area contributed by atoms with E-state index in [1.807, 2.05) is 26.0 Å². The summed E-state index contributed by atoms with van der Waals surface area (Å²) in [6.07, 6.45) is 0.665. The Hall–Kier alpha value is -2.22. The van der Waals surface area contributed by atoms with Gasteiger partial charge in [-0.2, -0.15) is 0 Å². The second-order valence-electron chi connectivity index (χ2n) is 6.35. The number of benzene rings is 2. The molecule has 6 heteroatoms. The largest absolute Gasteiger partial charge is 0.324 e. The van der Waals surface area contributed by atoms with Crippen LogP contribution in [0, 0.1) is 9.49 Å². The van der Waals surface area contributed by atoms with Gasteiger partial charge < -0.3 is 5.32 Å². The van der Waals surface area contributed by atoms with Gasteiger partial charge >= 0.3 is 0 Å². The smallest absolute Gasteiger partial charge is 0.262 e.